The quantitative estimate of drug-likeness (QED) is 0.478. The number of hydrogen-bond donors (Lipinski definition) is 3. The van der Waals surface area contributed by atoms with E-state index in [1.807, 2.05) is 44.2 Å². The molecule has 1 aliphatic rings. The Morgan fingerprint density at radius 3 is 2.57 bits per heavy atom. The zero-order valence-electron chi connectivity index (χ0n) is 17.4. The van der Waals surface area contributed by atoms with E-state index in [4.69, 9.17) is 9.72 Å². The Hall–Kier alpha value is -2.89. The van der Waals surface area contributed by atoms with E-state index in [-0.39, 0.29) is 0 Å². The van der Waals surface area contributed by atoms with Gasteiger partial charge in [0, 0.05) is 34.0 Å². The summed E-state index contributed by atoms with van der Waals surface area (Å²) in [5, 5.41) is 23.9. The average molecular weight is 402 g/mol. The van der Waals surface area contributed by atoms with Gasteiger partial charge in [-0.15, -0.1) is 0 Å². The van der Waals surface area contributed by atoms with E-state index in [2.05, 4.69) is 23.2 Å². The van der Waals surface area contributed by atoms with Crippen LogP contribution in [0.3, 0.4) is 0 Å². The van der Waals surface area contributed by atoms with Crippen molar-refractivity contribution in [1.29, 1.82) is 0 Å². The molecule has 5 heteroatoms. The van der Waals surface area contributed by atoms with Gasteiger partial charge in [-0.3, -0.25) is 4.98 Å². The second-order valence-corrected chi connectivity index (χ2v) is 8.92. The lowest BCUT2D eigenvalue weighted by molar-refractivity contribution is -0.0626. The molecule has 0 saturated carbocycles. The Balaban J connectivity index is 1.75. The zero-order valence-corrected chi connectivity index (χ0v) is 17.4. The minimum Gasteiger partial charge on any atom is -0.497 e. The maximum absolute atomic E-state index is 11.1. The summed E-state index contributed by atoms with van der Waals surface area (Å²) in [6, 6.07) is 16.1. The van der Waals surface area contributed by atoms with E-state index in [9.17, 15) is 10.2 Å². The van der Waals surface area contributed by atoms with Crippen molar-refractivity contribution >= 4 is 21.8 Å². The van der Waals surface area contributed by atoms with Gasteiger partial charge in [-0.1, -0.05) is 44.2 Å². The number of rotatable bonds is 3. The van der Waals surface area contributed by atoms with Gasteiger partial charge in [0.05, 0.1) is 24.4 Å². The number of fused-ring (bicyclic) bond motifs is 5. The lowest BCUT2D eigenvalue weighted by Gasteiger charge is -2.39. The monoisotopic (exact) mass is 402 g/mol. The highest BCUT2D eigenvalue weighted by Gasteiger charge is 2.42. The van der Waals surface area contributed by atoms with Gasteiger partial charge in [-0.05, 0) is 35.6 Å². The molecule has 1 aliphatic carbocycles. The number of benzene rings is 2. The molecule has 3 N–H and O–H groups in total. The van der Waals surface area contributed by atoms with Crippen LogP contribution in [-0.4, -0.2) is 33.4 Å². The third kappa shape index (κ3) is 2.89. The summed E-state index contributed by atoms with van der Waals surface area (Å²) >= 11 is 0. The van der Waals surface area contributed by atoms with Crippen molar-refractivity contribution in [3.05, 3.63) is 71.0 Å². The molecule has 0 bridgehead atoms. The Morgan fingerprint density at radius 2 is 1.83 bits per heavy atom. The van der Waals surface area contributed by atoms with Gasteiger partial charge in [0.2, 0.25) is 0 Å². The van der Waals surface area contributed by atoms with E-state index in [1.165, 1.54) is 0 Å². The van der Waals surface area contributed by atoms with Crippen LogP contribution in [0.1, 0.15) is 42.5 Å². The summed E-state index contributed by atoms with van der Waals surface area (Å²) in [4.78, 5) is 8.54. The summed E-state index contributed by atoms with van der Waals surface area (Å²) in [6.07, 6.45) is -0.519. The van der Waals surface area contributed by atoms with Crippen LogP contribution >= 0.6 is 0 Å². The Kier molecular flexibility index (Phi) is 4.34. The number of aromatic amines is 1. The molecule has 0 fully saturated rings. The van der Waals surface area contributed by atoms with Gasteiger partial charge in [0.1, 0.15) is 11.9 Å². The van der Waals surface area contributed by atoms with Crippen molar-refractivity contribution in [2.75, 3.05) is 7.11 Å². The van der Waals surface area contributed by atoms with Crippen molar-refractivity contribution in [3.8, 4) is 5.75 Å². The summed E-state index contributed by atoms with van der Waals surface area (Å²) in [5.74, 6) is 0.826. The number of ether oxygens (including phenoxy) is 1. The Bertz CT molecular complexity index is 1240. The van der Waals surface area contributed by atoms with Crippen LogP contribution in [0.15, 0.2) is 48.5 Å². The molecule has 5 rings (SSSR count). The smallest absolute Gasteiger partial charge is 0.118 e. The van der Waals surface area contributed by atoms with Crippen LogP contribution in [0.5, 0.6) is 5.75 Å². The third-order valence-corrected chi connectivity index (χ3v) is 6.39. The molecule has 0 amide bonds. The van der Waals surface area contributed by atoms with Gasteiger partial charge in [0.25, 0.3) is 0 Å². The van der Waals surface area contributed by atoms with Crippen LogP contribution in [0, 0.1) is 5.41 Å². The molecule has 2 unspecified atom stereocenters. The van der Waals surface area contributed by atoms with Crippen LogP contribution in [0.2, 0.25) is 0 Å². The van der Waals surface area contributed by atoms with Gasteiger partial charge in [-0.25, -0.2) is 0 Å². The largest absolute Gasteiger partial charge is 0.497 e. The van der Waals surface area contributed by atoms with E-state index >= 15 is 0 Å². The zero-order chi connectivity index (χ0) is 21.0. The van der Waals surface area contributed by atoms with Crippen molar-refractivity contribution in [1.82, 2.24) is 9.97 Å². The lowest BCUT2D eigenvalue weighted by Crippen LogP contribution is -2.41. The van der Waals surface area contributed by atoms with E-state index in [1.54, 1.807) is 7.11 Å². The fourth-order valence-electron chi connectivity index (χ4n) is 4.70. The molecule has 0 saturated heterocycles. The summed E-state index contributed by atoms with van der Waals surface area (Å²) < 4.78 is 5.28. The van der Waals surface area contributed by atoms with Gasteiger partial charge >= 0.3 is 0 Å². The summed E-state index contributed by atoms with van der Waals surface area (Å²) in [5.41, 5.74) is 5.20. The fraction of sp³-hybridized carbons (Fsp3) is 0.320. The lowest BCUT2D eigenvalue weighted by atomic mass is 9.71. The first kappa shape index (κ1) is 19.1. The summed E-state index contributed by atoms with van der Waals surface area (Å²) in [6.45, 7) is 3.96. The van der Waals surface area contributed by atoms with Crippen LogP contribution in [-0.2, 0) is 12.8 Å². The minimum absolute atomic E-state index is 0.448. The molecule has 154 valence electrons. The number of pyridine rings is 1. The highest BCUT2D eigenvalue weighted by Crippen LogP contribution is 2.45. The normalized spacial score (nSPS) is 20.4. The second-order valence-electron chi connectivity index (χ2n) is 8.92. The molecule has 2 aromatic heterocycles. The Labute approximate surface area is 175 Å². The standard InChI is InChI=1S/C25H26N2O3/c1-25(2)13-19-21(23(28)24(25)29)20-16-6-4-5-7-17(16)27-22(20)18(26-19)12-14-8-10-15(30-3)11-9-14/h4-11,23-24,27-29H,12-13H2,1-3H3. The molecule has 30 heavy (non-hydrogen) atoms. The first-order valence-electron chi connectivity index (χ1n) is 10.3. The first-order chi connectivity index (χ1) is 14.4. The highest BCUT2D eigenvalue weighted by molar-refractivity contribution is 6.10. The molecule has 5 nitrogen and oxygen atoms in total. The molecular weight excluding hydrogens is 376 g/mol. The SMILES string of the molecule is COc1ccc(Cc2nc3c(c4c2[nH]c2ccccc24)C(O)C(O)C(C)(C)C3)cc1. The number of hydrogen-bond acceptors (Lipinski definition) is 4. The van der Waals surface area contributed by atoms with Gasteiger partial charge in [0.15, 0.2) is 0 Å². The number of para-hydroxylation sites is 1. The molecule has 2 atom stereocenters. The van der Waals surface area contributed by atoms with Crippen molar-refractivity contribution < 1.29 is 14.9 Å². The Morgan fingerprint density at radius 1 is 1.10 bits per heavy atom. The van der Waals surface area contributed by atoms with Crippen LogP contribution in [0.4, 0.5) is 0 Å². The number of aromatic nitrogens is 2. The third-order valence-electron chi connectivity index (χ3n) is 6.39. The van der Waals surface area contributed by atoms with Gasteiger partial charge < -0.3 is 19.9 Å². The number of H-pyrrole nitrogens is 1. The molecular formula is C25H26N2O3. The molecule has 2 heterocycles. The molecule has 0 spiro atoms. The maximum Gasteiger partial charge on any atom is 0.118 e. The number of nitrogens with zero attached hydrogens (tertiary/aromatic N) is 1. The predicted molar refractivity (Wildman–Crippen MR) is 118 cm³/mol. The maximum atomic E-state index is 11.1. The second kappa shape index (κ2) is 6.83. The number of methoxy groups -OCH3 is 1. The summed E-state index contributed by atoms with van der Waals surface area (Å²) in [7, 11) is 1.66. The van der Waals surface area contributed by atoms with E-state index in [0.717, 1.165) is 50.1 Å². The number of nitrogens with one attached hydrogen (secondary N) is 1. The average Bonchev–Trinajstić information content (AvgIpc) is 3.12. The van der Waals surface area contributed by atoms with Gasteiger partial charge in [-0.2, -0.15) is 0 Å². The predicted octanol–water partition coefficient (Wildman–Crippen LogP) is 4.29. The van der Waals surface area contributed by atoms with E-state index < -0.39 is 17.6 Å². The molecule has 2 aromatic carbocycles. The van der Waals surface area contributed by atoms with Crippen molar-refractivity contribution in [2.45, 2.75) is 38.9 Å². The molecule has 4 aromatic rings. The van der Waals surface area contributed by atoms with Crippen molar-refractivity contribution in [2.24, 2.45) is 5.41 Å². The molecule has 0 aliphatic heterocycles. The first-order valence-corrected chi connectivity index (χ1v) is 10.3. The fourth-order valence-corrected chi connectivity index (χ4v) is 4.70. The van der Waals surface area contributed by atoms with Crippen LogP contribution in [0.25, 0.3) is 21.8 Å². The van der Waals surface area contributed by atoms with E-state index in [0.29, 0.717) is 12.8 Å². The highest BCUT2D eigenvalue weighted by atomic mass is 16.5. The number of aliphatic hydroxyl groups excluding tert-OH is 2. The van der Waals surface area contributed by atoms with Crippen LogP contribution < -0.4 is 4.74 Å². The topological polar surface area (TPSA) is 78.4 Å². The minimum atomic E-state index is -0.965. The number of aliphatic hydroxyl groups is 2. The van der Waals surface area contributed by atoms with Crippen molar-refractivity contribution in [3.63, 3.8) is 0 Å². The molecule has 0 radical (unpaired) electrons.